The summed E-state index contributed by atoms with van der Waals surface area (Å²) in [4.78, 5) is 16.0. The van der Waals surface area contributed by atoms with Crippen molar-refractivity contribution in [1.29, 1.82) is 0 Å². The van der Waals surface area contributed by atoms with Crippen LogP contribution in [-0.2, 0) is 9.63 Å². The van der Waals surface area contributed by atoms with Gasteiger partial charge in [-0.3, -0.25) is 9.63 Å². The van der Waals surface area contributed by atoms with Gasteiger partial charge in [-0.25, -0.2) is 9.45 Å². The molecule has 0 saturated carbocycles. The average molecular weight is 223 g/mol. The smallest absolute Gasteiger partial charge is 0.269 e. The topological polar surface area (TPSA) is 29.5 Å². The number of carbonyl (C=O) groups excluding carboxylic acids is 1. The van der Waals surface area contributed by atoms with Crippen LogP contribution < -0.4 is 0 Å². The van der Waals surface area contributed by atoms with Crippen LogP contribution in [0.1, 0.15) is 11.1 Å². The lowest BCUT2D eigenvalue weighted by Crippen LogP contribution is -2.22. The standard InChI is InChI=1S/C12H14FNO2/c1-9-4-5-10(8-11(9)13)6-7-12(15)14(2)16-3/h4-8H,1-3H3. The molecule has 1 aromatic carbocycles. The van der Waals surface area contributed by atoms with E-state index < -0.39 is 0 Å². The van der Waals surface area contributed by atoms with E-state index >= 15 is 0 Å². The highest BCUT2D eigenvalue weighted by atomic mass is 19.1. The number of likely N-dealkylation sites (N-methyl/N-ethyl adjacent to an activating group) is 1. The molecule has 86 valence electrons. The molecular formula is C12H14FNO2. The highest BCUT2D eigenvalue weighted by Crippen LogP contribution is 2.10. The highest BCUT2D eigenvalue weighted by Gasteiger charge is 2.02. The zero-order chi connectivity index (χ0) is 12.1. The minimum atomic E-state index is -0.302. The third kappa shape index (κ3) is 3.17. The summed E-state index contributed by atoms with van der Waals surface area (Å²) in [5.41, 5.74) is 1.22. The molecule has 1 rings (SSSR count). The molecule has 1 aromatic rings. The van der Waals surface area contributed by atoms with Crippen LogP contribution in [0, 0.1) is 12.7 Å². The van der Waals surface area contributed by atoms with Crippen molar-refractivity contribution in [1.82, 2.24) is 5.06 Å². The first-order valence-corrected chi connectivity index (χ1v) is 4.80. The molecule has 0 aromatic heterocycles. The zero-order valence-electron chi connectivity index (χ0n) is 9.53. The summed E-state index contributed by atoms with van der Waals surface area (Å²) >= 11 is 0. The quantitative estimate of drug-likeness (QED) is 0.580. The maximum Gasteiger partial charge on any atom is 0.269 e. The van der Waals surface area contributed by atoms with Gasteiger partial charge in [-0.05, 0) is 30.2 Å². The van der Waals surface area contributed by atoms with E-state index in [2.05, 4.69) is 0 Å². The molecule has 0 N–H and O–H groups in total. The van der Waals surface area contributed by atoms with E-state index in [1.165, 1.54) is 26.3 Å². The highest BCUT2D eigenvalue weighted by molar-refractivity contribution is 5.90. The molecule has 0 unspecified atom stereocenters. The number of rotatable bonds is 3. The van der Waals surface area contributed by atoms with Gasteiger partial charge in [-0.2, -0.15) is 0 Å². The van der Waals surface area contributed by atoms with Gasteiger partial charge in [0.2, 0.25) is 0 Å². The molecule has 3 nitrogen and oxygen atoms in total. The molecular weight excluding hydrogens is 209 g/mol. The second-order valence-electron chi connectivity index (χ2n) is 3.36. The lowest BCUT2D eigenvalue weighted by Gasteiger charge is -2.09. The Kier molecular flexibility index (Phi) is 4.19. The second kappa shape index (κ2) is 5.42. The van der Waals surface area contributed by atoms with Crippen molar-refractivity contribution in [3.63, 3.8) is 0 Å². The molecule has 16 heavy (non-hydrogen) atoms. The number of amides is 1. The number of aryl methyl sites for hydroxylation is 1. The second-order valence-corrected chi connectivity index (χ2v) is 3.36. The Labute approximate surface area is 94.1 Å². The molecule has 0 spiro atoms. The van der Waals surface area contributed by atoms with Crippen LogP contribution in [0.2, 0.25) is 0 Å². The van der Waals surface area contributed by atoms with Gasteiger partial charge in [0.1, 0.15) is 5.82 Å². The van der Waals surface area contributed by atoms with Crippen molar-refractivity contribution in [3.05, 3.63) is 41.2 Å². The Balaban J connectivity index is 2.77. The van der Waals surface area contributed by atoms with Gasteiger partial charge in [0, 0.05) is 13.1 Å². The molecule has 0 aliphatic rings. The van der Waals surface area contributed by atoms with E-state index in [-0.39, 0.29) is 11.7 Å². The summed E-state index contributed by atoms with van der Waals surface area (Å²) in [6, 6.07) is 4.79. The van der Waals surface area contributed by atoms with Gasteiger partial charge in [0.25, 0.3) is 5.91 Å². The number of benzene rings is 1. The van der Waals surface area contributed by atoms with Crippen molar-refractivity contribution in [2.45, 2.75) is 6.92 Å². The van der Waals surface area contributed by atoms with Crippen LogP contribution in [-0.4, -0.2) is 25.1 Å². The number of carbonyl (C=O) groups is 1. The maximum absolute atomic E-state index is 13.2. The molecule has 0 radical (unpaired) electrons. The molecule has 0 atom stereocenters. The Morgan fingerprint density at radius 2 is 2.19 bits per heavy atom. The molecule has 0 heterocycles. The SMILES string of the molecule is CON(C)C(=O)C=Cc1ccc(C)c(F)c1. The molecule has 1 amide bonds. The Hall–Kier alpha value is -1.68. The Bertz CT molecular complexity index is 415. The lowest BCUT2D eigenvalue weighted by molar-refractivity contribution is -0.162. The third-order valence-corrected chi connectivity index (χ3v) is 2.20. The van der Waals surface area contributed by atoms with Crippen LogP contribution in [0.5, 0.6) is 0 Å². The summed E-state index contributed by atoms with van der Waals surface area (Å²) in [7, 11) is 2.90. The predicted molar refractivity (Wildman–Crippen MR) is 60.0 cm³/mol. The van der Waals surface area contributed by atoms with Gasteiger partial charge < -0.3 is 0 Å². The fourth-order valence-corrected chi connectivity index (χ4v) is 1.08. The molecule has 0 bridgehead atoms. The number of halogens is 1. The largest absolute Gasteiger partial charge is 0.274 e. The van der Waals surface area contributed by atoms with Crippen molar-refractivity contribution in [2.24, 2.45) is 0 Å². The maximum atomic E-state index is 13.2. The van der Waals surface area contributed by atoms with Gasteiger partial charge in [-0.1, -0.05) is 12.1 Å². The molecule has 4 heteroatoms. The van der Waals surface area contributed by atoms with E-state index in [4.69, 9.17) is 4.84 Å². The predicted octanol–water partition coefficient (Wildman–Crippen LogP) is 2.17. The monoisotopic (exact) mass is 223 g/mol. The fraction of sp³-hybridized carbons (Fsp3) is 0.250. The first kappa shape index (κ1) is 12.4. The van der Waals surface area contributed by atoms with Crippen LogP contribution in [0.15, 0.2) is 24.3 Å². The van der Waals surface area contributed by atoms with Gasteiger partial charge in [0.05, 0.1) is 7.11 Å². The fourth-order valence-electron chi connectivity index (χ4n) is 1.08. The third-order valence-electron chi connectivity index (χ3n) is 2.20. The molecule has 0 saturated heterocycles. The Morgan fingerprint density at radius 1 is 1.50 bits per heavy atom. The van der Waals surface area contributed by atoms with Crippen LogP contribution >= 0.6 is 0 Å². The summed E-state index contributed by atoms with van der Waals surface area (Å²) < 4.78 is 13.2. The summed E-state index contributed by atoms with van der Waals surface area (Å²) in [6.07, 6.45) is 2.87. The first-order valence-electron chi connectivity index (χ1n) is 4.80. The normalized spacial score (nSPS) is 10.8. The Morgan fingerprint density at radius 3 is 2.75 bits per heavy atom. The van der Waals surface area contributed by atoms with E-state index in [1.807, 2.05) is 0 Å². The van der Waals surface area contributed by atoms with Crippen LogP contribution in [0.3, 0.4) is 0 Å². The molecule has 0 fully saturated rings. The summed E-state index contributed by atoms with van der Waals surface area (Å²) in [5.74, 6) is -0.585. The van der Waals surface area contributed by atoms with Gasteiger partial charge >= 0.3 is 0 Å². The van der Waals surface area contributed by atoms with E-state index in [0.29, 0.717) is 11.1 Å². The minimum absolute atomic E-state index is 0.283. The number of hydroxylamine groups is 2. The zero-order valence-corrected chi connectivity index (χ0v) is 9.53. The summed E-state index contributed by atoms with van der Waals surface area (Å²) in [6.45, 7) is 1.69. The first-order chi connectivity index (χ1) is 7.54. The number of hydrogen-bond acceptors (Lipinski definition) is 2. The molecule has 0 aliphatic heterocycles. The molecule has 0 aliphatic carbocycles. The average Bonchev–Trinajstić information content (AvgIpc) is 2.29. The lowest BCUT2D eigenvalue weighted by atomic mass is 10.1. The number of hydrogen-bond donors (Lipinski definition) is 0. The summed E-state index contributed by atoms with van der Waals surface area (Å²) in [5, 5.41) is 1.08. The van der Waals surface area contributed by atoms with E-state index in [0.717, 1.165) is 5.06 Å². The minimum Gasteiger partial charge on any atom is -0.274 e. The van der Waals surface area contributed by atoms with Gasteiger partial charge in [-0.15, -0.1) is 0 Å². The number of nitrogens with zero attached hydrogens (tertiary/aromatic N) is 1. The van der Waals surface area contributed by atoms with Crippen LogP contribution in [0.4, 0.5) is 4.39 Å². The van der Waals surface area contributed by atoms with Crippen LogP contribution in [0.25, 0.3) is 6.08 Å². The van der Waals surface area contributed by atoms with Crippen molar-refractivity contribution >= 4 is 12.0 Å². The van der Waals surface area contributed by atoms with Crippen molar-refractivity contribution in [2.75, 3.05) is 14.2 Å². The van der Waals surface area contributed by atoms with Crippen molar-refractivity contribution in [3.8, 4) is 0 Å². The van der Waals surface area contributed by atoms with Crippen molar-refractivity contribution < 1.29 is 14.0 Å². The van der Waals surface area contributed by atoms with E-state index in [9.17, 15) is 9.18 Å². The van der Waals surface area contributed by atoms with E-state index in [1.54, 1.807) is 25.1 Å². The van der Waals surface area contributed by atoms with Gasteiger partial charge in [0.15, 0.2) is 0 Å².